The zero-order valence-corrected chi connectivity index (χ0v) is 7.71. The van der Waals surface area contributed by atoms with Crippen LogP contribution in [-0.4, -0.2) is 30.6 Å². The average molecular weight is 156 g/mol. The predicted octanol–water partition coefficient (Wildman–Crippen LogP) is 1.07. The van der Waals surface area contributed by atoms with E-state index >= 15 is 0 Å². The summed E-state index contributed by atoms with van der Waals surface area (Å²) >= 11 is 0. The Balaban J connectivity index is 2.20. The van der Waals surface area contributed by atoms with Crippen LogP contribution in [0.2, 0.25) is 0 Å². The van der Waals surface area contributed by atoms with E-state index in [1.165, 1.54) is 25.9 Å². The summed E-state index contributed by atoms with van der Waals surface area (Å²) in [5.74, 6) is 0.904. The first-order chi connectivity index (χ1) is 5.27. The molecule has 0 aromatic carbocycles. The normalized spacial score (nSPS) is 23.2. The first-order valence-corrected chi connectivity index (χ1v) is 4.72. The first kappa shape index (κ1) is 9.01. The van der Waals surface area contributed by atoms with E-state index in [1.807, 2.05) is 0 Å². The van der Waals surface area contributed by atoms with Crippen molar-refractivity contribution in [1.29, 1.82) is 0 Å². The zero-order valence-electron chi connectivity index (χ0n) is 7.71. The van der Waals surface area contributed by atoms with Crippen molar-refractivity contribution in [2.45, 2.75) is 32.7 Å². The van der Waals surface area contributed by atoms with E-state index in [-0.39, 0.29) is 0 Å². The van der Waals surface area contributed by atoms with E-state index < -0.39 is 0 Å². The van der Waals surface area contributed by atoms with Crippen molar-refractivity contribution < 1.29 is 0 Å². The number of hydrogen-bond acceptors (Lipinski definition) is 2. The molecule has 0 spiro atoms. The van der Waals surface area contributed by atoms with Gasteiger partial charge >= 0.3 is 0 Å². The summed E-state index contributed by atoms with van der Waals surface area (Å²) in [6, 6.07) is 0.663. The van der Waals surface area contributed by atoms with Crippen LogP contribution in [0.1, 0.15) is 26.7 Å². The second-order valence-electron chi connectivity index (χ2n) is 3.74. The van der Waals surface area contributed by atoms with Gasteiger partial charge in [0.2, 0.25) is 0 Å². The molecule has 11 heavy (non-hydrogen) atoms. The smallest absolute Gasteiger partial charge is 0.0218 e. The number of rotatable bonds is 4. The maximum Gasteiger partial charge on any atom is 0.0218 e. The Hall–Kier alpha value is -0.0800. The monoisotopic (exact) mass is 156 g/mol. The molecule has 66 valence electrons. The highest BCUT2D eigenvalue weighted by Crippen LogP contribution is 2.19. The van der Waals surface area contributed by atoms with Gasteiger partial charge in [0, 0.05) is 25.7 Å². The molecule has 1 aliphatic heterocycles. The van der Waals surface area contributed by atoms with Gasteiger partial charge in [-0.15, -0.1) is 0 Å². The molecule has 0 amide bonds. The molecule has 1 aliphatic rings. The molecule has 0 bridgehead atoms. The highest BCUT2D eigenvalue weighted by atomic mass is 15.2. The number of hydrogen-bond donors (Lipinski definition) is 1. The fourth-order valence-corrected chi connectivity index (χ4v) is 1.83. The minimum Gasteiger partial charge on any atom is -0.329 e. The standard InChI is InChI=1S/C9H20N2/c1-3-4-9(5-10)11-6-8(2)7-11/h8-9H,3-7,10H2,1-2H3. The van der Waals surface area contributed by atoms with E-state index in [2.05, 4.69) is 18.7 Å². The molecule has 0 aromatic rings. The number of nitrogens with two attached hydrogens (primary N) is 1. The van der Waals surface area contributed by atoms with Gasteiger partial charge in [0.1, 0.15) is 0 Å². The van der Waals surface area contributed by atoms with Crippen molar-refractivity contribution in [3.05, 3.63) is 0 Å². The van der Waals surface area contributed by atoms with E-state index in [0.717, 1.165) is 12.5 Å². The minimum absolute atomic E-state index is 0.663. The molecule has 2 heteroatoms. The molecular formula is C9H20N2. The van der Waals surface area contributed by atoms with Crippen LogP contribution < -0.4 is 5.73 Å². The summed E-state index contributed by atoms with van der Waals surface area (Å²) in [5.41, 5.74) is 5.67. The van der Waals surface area contributed by atoms with Crippen LogP contribution in [0.3, 0.4) is 0 Å². The lowest BCUT2D eigenvalue weighted by Gasteiger charge is -2.42. The van der Waals surface area contributed by atoms with Crippen LogP contribution >= 0.6 is 0 Å². The Morgan fingerprint density at radius 3 is 2.55 bits per heavy atom. The largest absolute Gasteiger partial charge is 0.329 e. The van der Waals surface area contributed by atoms with Crippen LogP contribution in [-0.2, 0) is 0 Å². The fourth-order valence-electron chi connectivity index (χ4n) is 1.83. The van der Waals surface area contributed by atoms with Gasteiger partial charge in [-0.3, -0.25) is 4.90 Å². The lowest BCUT2D eigenvalue weighted by Crippen LogP contribution is -2.53. The third-order valence-corrected chi connectivity index (χ3v) is 2.50. The topological polar surface area (TPSA) is 29.3 Å². The molecule has 0 saturated carbocycles. The molecule has 2 nitrogen and oxygen atoms in total. The van der Waals surface area contributed by atoms with Crippen molar-refractivity contribution in [3.63, 3.8) is 0 Å². The third-order valence-electron chi connectivity index (χ3n) is 2.50. The van der Waals surface area contributed by atoms with Crippen LogP contribution in [0.5, 0.6) is 0 Å². The molecule has 1 rings (SSSR count). The Bertz CT molecular complexity index is 108. The third kappa shape index (κ3) is 2.17. The van der Waals surface area contributed by atoms with Crippen LogP contribution in [0.15, 0.2) is 0 Å². The highest BCUT2D eigenvalue weighted by Gasteiger charge is 2.27. The number of nitrogens with zero attached hydrogens (tertiary/aromatic N) is 1. The van der Waals surface area contributed by atoms with Gasteiger partial charge in [0.25, 0.3) is 0 Å². The molecule has 0 aliphatic carbocycles. The molecule has 1 fully saturated rings. The molecule has 2 N–H and O–H groups in total. The van der Waals surface area contributed by atoms with Gasteiger partial charge in [-0.2, -0.15) is 0 Å². The van der Waals surface area contributed by atoms with Crippen molar-refractivity contribution in [3.8, 4) is 0 Å². The van der Waals surface area contributed by atoms with E-state index in [9.17, 15) is 0 Å². The highest BCUT2D eigenvalue weighted by molar-refractivity contribution is 4.83. The SMILES string of the molecule is CCCC(CN)N1CC(C)C1. The van der Waals surface area contributed by atoms with Gasteiger partial charge in [0.05, 0.1) is 0 Å². The Morgan fingerprint density at radius 2 is 2.18 bits per heavy atom. The molecule has 1 heterocycles. The predicted molar refractivity (Wildman–Crippen MR) is 48.5 cm³/mol. The second-order valence-corrected chi connectivity index (χ2v) is 3.74. The lowest BCUT2D eigenvalue weighted by atomic mass is 9.98. The quantitative estimate of drug-likeness (QED) is 0.659. The van der Waals surface area contributed by atoms with Gasteiger partial charge < -0.3 is 5.73 Å². The van der Waals surface area contributed by atoms with Gasteiger partial charge in [0.15, 0.2) is 0 Å². The Labute approximate surface area is 69.8 Å². The Morgan fingerprint density at radius 1 is 1.55 bits per heavy atom. The second kappa shape index (κ2) is 4.07. The molecular weight excluding hydrogens is 136 g/mol. The van der Waals surface area contributed by atoms with E-state index in [4.69, 9.17) is 5.73 Å². The van der Waals surface area contributed by atoms with Crippen LogP contribution in [0, 0.1) is 5.92 Å². The van der Waals surface area contributed by atoms with Gasteiger partial charge in [-0.25, -0.2) is 0 Å². The maximum absolute atomic E-state index is 5.67. The molecule has 1 unspecified atom stereocenters. The van der Waals surface area contributed by atoms with Crippen molar-refractivity contribution in [2.75, 3.05) is 19.6 Å². The lowest BCUT2D eigenvalue weighted by molar-refractivity contribution is 0.0615. The summed E-state index contributed by atoms with van der Waals surface area (Å²) < 4.78 is 0. The van der Waals surface area contributed by atoms with Crippen LogP contribution in [0.25, 0.3) is 0 Å². The van der Waals surface area contributed by atoms with Crippen molar-refractivity contribution in [2.24, 2.45) is 11.7 Å². The molecule has 0 radical (unpaired) electrons. The van der Waals surface area contributed by atoms with Crippen molar-refractivity contribution >= 4 is 0 Å². The Kier molecular flexibility index (Phi) is 3.34. The summed E-state index contributed by atoms with van der Waals surface area (Å²) in [4.78, 5) is 2.51. The maximum atomic E-state index is 5.67. The summed E-state index contributed by atoms with van der Waals surface area (Å²) in [5, 5.41) is 0. The minimum atomic E-state index is 0.663. The summed E-state index contributed by atoms with van der Waals surface area (Å²) in [6.07, 6.45) is 2.52. The fraction of sp³-hybridized carbons (Fsp3) is 1.00. The van der Waals surface area contributed by atoms with E-state index in [0.29, 0.717) is 6.04 Å². The molecule has 1 saturated heterocycles. The number of likely N-dealkylation sites (tertiary alicyclic amines) is 1. The van der Waals surface area contributed by atoms with Crippen molar-refractivity contribution in [1.82, 2.24) is 4.90 Å². The molecule has 0 aromatic heterocycles. The van der Waals surface area contributed by atoms with Gasteiger partial charge in [-0.05, 0) is 12.3 Å². The zero-order chi connectivity index (χ0) is 8.27. The van der Waals surface area contributed by atoms with E-state index in [1.54, 1.807) is 0 Å². The molecule has 1 atom stereocenters. The first-order valence-electron chi connectivity index (χ1n) is 4.72. The summed E-state index contributed by atoms with van der Waals surface area (Å²) in [6.45, 7) is 7.90. The average Bonchev–Trinajstić information content (AvgIpc) is 1.95. The summed E-state index contributed by atoms with van der Waals surface area (Å²) in [7, 11) is 0. The van der Waals surface area contributed by atoms with Crippen LogP contribution in [0.4, 0.5) is 0 Å². The van der Waals surface area contributed by atoms with Gasteiger partial charge in [-0.1, -0.05) is 20.3 Å².